The van der Waals surface area contributed by atoms with Crippen LogP contribution in [0.15, 0.2) is 28.7 Å². The Kier molecular flexibility index (Phi) is 5.48. The van der Waals surface area contributed by atoms with Gasteiger partial charge in [0.2, 0.25) is 0 Å². The van der Waals surface area contributed by atoms with E-state index in [1.54, 1.807) is 0 Å². The molecule has 0 bridgehead atoms. The molecule has 1 aromatic carbocycles. The van der Waals surface area contributed by atoms with Crippen LogP contribution in [-0.2, 0) is 4.79 Å². The van der Waals surface area contributed by atoms with E-state index >= 15 is 0 Å². The molecule has 0 saturated heterocycles. The zero-order chi connectivity index (χ0) is 12.8. The summed E-state index contributed by atoms with van der Waals surface area (Å²) < 4.78 is 1.01. The largest absolute Gasteiger partial charge is 0.481 e. The lowest BCUT2D eigenvalue weighted by atomic mass is 10.2. The van der Waals surface area contributed by atoms with E-state index in [9.17, 15) is 4.79 Å². The zero-order valence-corrected chi connectivity index (χ0v) is 11.8. The Balaban J connectivity index is 2.77. The van der Waals surface area contributed by atoms with E-state index in [1.807, 2.05) is 24.3 Å². The SMILES string of the molecule is CC(C)CN(CCC(=O)O)c1cccc(Br)c1. The smallest absolute Gasteiger partial charge is 0.305 e. The molecule has 1 N–H and O–H groups in total. The normalized spacial score (nSPS) is 10.6. The van der Waals surface area contributed by atoms with Crippen molar-refractivity contribution in [3.63, 3.8) is 0 Å². The molecule has 1 rings (SSSR count). The van der Waals surface area contributed by atoms with Crippen LogP contribution >= 0.6 is 15.9 Å². The first-order valence-corrected chi connectivity index (χ1v) is 6.50. The van der Waals surface area contributed by atoms with E-state index in [0.29, 0.717) is 12.5 Å². The minimum absolute atomic E-state index is 0.166. The number of benzene rings is 1. The maximum atomic E-state index is 10.7. The monoisotopic (exact) mass is 299 g/mol. The van der Waals surface area contributed by atoms with Gasteiger partial charge in [0, 0.05) is 23.2 Å². The standard InChI is InChI=1S/C13H18BrNO2/c1-10(2)9-15(7-6-13(16)17)12-5-3-4-11(14)8-12/h3-5,8,10H,6-7,9H2,1-2H3,(H,16,17). The maximum Gasteiger partial charge on any atom is 0.305 e. The highest BCUT2D eigenvalue weighted by Crippen LogP contribution is 2.21. The molecule has 0 spiro atoms. The lowest BCUT2D eigenvalue weighted by Crippen LogP contribution is -2.29. The van der Waals surface area contributed by atoms with Crippen LogP contribution in [0.5, 0.6) is 0 Å². The molecule has 0 amide bonds. The molecule has 0 heterocycles. The molecule has 0 atom stereocenters. The second kappa shape index (κ2) is 6.64. The Morgan fingerprint density at radius 3 is 2.71 bits per heavy atom. The molecule has 0 aliphatic heterocycles. The van der Waals surface area contributed by atoms with Gasteiger partial charge in [0.25, 0.3) is 0 Å². The Bertz CT molecular complexity index is 379. The minimum Gasteiger partial charge on any atom is -0.481 e. The molecular weight excluding hydrogens is 282 g/mol. The molecular formula is C13H18BrNO2. The van der Waals surface area contributed by atoms with Crippen molar-refractivity contribution < 1.29 is 9.90 Å². The number of anilines is 1. The zero-order valence-electron chi connectivity index (χ0n) is 10.2. The fraction of sp³-hybridized carbons (Fsp3) is 0.462. The number of carboxylic acids is 1. The number of hydrogen-bond donors (Lipinski definition) is 1. The molecule has 0 aromatic heterocycles. The molecule has 1 aromatic rings. The molecule has 0 unspecified atom stereocenters. The van der Waals surface area contributed by atoms with E-state index in [1.165, 1.54) is 0 Å². The van der Waals surface area contributed by atoms with Crippen LogP contribution in [0.4, 0.5) is 5.69 Å². The third-order valence-corrected chi connectivity index (χ3v) is 2.85. The summed E-state index contributed by atoms with van der Waals surface area (Å²) in [4.78, 5) is 12.8. The Morgan fingerprint density at radius 1 is 1.47 bits per heavy atom. The van der Waals surface area contributed by atoms with Gasteiger partial charge in [-0.1, -0.05) is 35.8 Å². The van der Waals surface area contributed by atoms with Gasteiger partial charge in [-0.25, -0.2) is 0 Å². The van der Waals surface area contributed by atoms with Crippen LogP contribution in [0.3, 0.4) is 0 Å². The van der Waals surface area contributed by atoms with Crippen LogP contribution in [-0.4, -0.2) is 24.2 Å². The number of nitrogens with zero attached hydrogens (tertiary/aromatic N) is 1. The molecule has 94 valence electrons. The second-order valence-corrected chi connectivity index (χ2v) is 5.38. The van der Waals surface area contributed by atoms with E-state index < -0.39 is 5.97 Å². The summed E-state index contributed by atoms with van der Waals surface area (Å²) in [5.74, 6) is -0.253. The third-order valence-electron chi connectivity index (χ3n) is 2.35. The fourth-order valence-corrected chi connectivity index (χ4v) is 2.06. The molecule has 0 saturated carbocycles. The van der Waals surface area contributed by atoms with Crippen LogP contribution in [0.2, 0.25) is 0 Å². The summed E-state index contributed by atoms with van der Waals surface area (Å²) in [6.45, 7) is 5.67. The average Bonchev–Trinajstić information content (AvgIpc) is 2.23. The van der Waals surface area contributed by atoms with Gasteiger partial charge in [0.15, 0.2) is 0 Å². The number of aliphatic carboxylic acids is 1. The topological polar surface area (TPSA) is 40.5 Å². The summed E-state index contributed by atoms with van der Waals surface area (Å²) in [5.41, 5.74) is 1.06. The van der Waals surface area contributed by atoms with Gasteiger partial charge in [0.1, 0.15) is 0 Å². The van der Waals surface area contributed by atoms with Crippen LogP contribution in [0.1, 0.15) is 20.3 Å². The number of rotatable bonds is 6. The molecule has 0 fully saturated rings. The summed E-state index contributed by atoms with van der Waals surface area (Å²) in [7, 11) is 0. The van der Waals surface area contributed by atoms with Crippen molar-refractivity contribution >= 4 is 27.6 Å². The number of halogens is 1. The molecule has 17 heavy (non-hydrogen) atoms. The van der Waals surface area contributed by atoms with Crippen molar-refractivity contribution in [2.75, 3.05) is 18.0 Å². The van der Waals surface area contributed by atoms with Gasteiger partial charge in [-0.05, 0) is 24.1 Å². The lowest BCUT2D eigenvalue weighted by molar-refractivity contribution is -0.136. The highest BCUT2D eigenvalue weighted by atomic mass is 79.9. The number of carbonyl (C=O) groups is 1. The van der Waals surface area contributed by atoms with E-state index in [0.717, 1.165) is 16.7 Å². The van der Waals surface area contributed by atoms with Gasteiger partial charge in [0.05, 0.1) is 6.42 Å². The average molecular weight is 300 g/mol. The highest BCUT2D eigenvalue weighted by Gasteiger charge is 2.10. The van der Waals surface area contributed by atoms with Gasteiger partial charge >= 0.3 is 5.97 Å². The molecule has 3 nitrogen and oxygen atoms in total. The van der Waals surface area contributed by atoms with Crippen LogP contribution in [0, 0.1) is 5.92 Å². The van der Waals surface area contributed by atoms with Gasteiger partial charge in [-0.15, -0.1) is 0 Å². The highest BCUT2D eigenvalue weighted by molar-refractivity contribution is 9.10. The summed E-state index contributed by atoms with van der Waals surface area (Å²) >= 11 is 3.43. The lowest BCUT2D eigenvalue weighted by Gasteiger charge is -2.26. The van der Waals surface area contributed by atoms with Crippen LogP contribution in [0.25, 0.3) is 0 Å². The van der Waals surface area contributed by atoms with Gasteiger partial charge in [-0.3, -0.25) is 4.79 Å². The summed E-state index contributed by atoms with van der Waals surface area (Å²) in [6, 6.07) is 7.96. The van der Waals surface area contributed by atoms with Crippen molar-refractivity contribution in [1.29, 1.82) is 0 Å². The first kappa shape index (κ1) is 14.0. The maximum absolute atomic E-state index is 10.7. The predicted octanol–water partition coefficient (Wildman–Crippen LogP) is 3.39. The predicted molar refractivity (Wildman–Crippen MR) is 73.4 cm³/mol. The summed E-state index contributed by atoms with van der Waals surface area (Å²) in [6.07, 6.45) is 0.166. The van der Waals surface area contributed by atoms with E-state index in [-0.39, 0.29) is 6.42 Å². The molecule has 4 heteroatoms. The molecule has 0 aliphatic carbocycles. The fourth-order valence-electron chi connectivity index (χ4n) is 1.67. The van der Waals surface area contributed by atoms with Crippen LogP contribution < -0.4 is 4.90 Å². The quantitative estimate of drug-likeness (QED) is 0.875. The Labute approximate surface area is 111 Å². The number of carboxylic acid groups (broad SMARTS) is 1. The Hall–Kier alpha value is -1.03. The van der Waals surface area contributed by atoms with Crippen molar-refractivity contribution in [2.45, 2.75) is 20.3 Å². The molecule has 0 radical (unpaired) electrons. The Morgan fingerprint density at radius 2 is 2.18 bits per heavy atom. The minimum atomic E-state index is -0.756. The van der Waals surface area contributed by atoms with Gasteiger partial charge in [-0.2, -0.15) is 0 Å². The number of hydrogen-bond acceptors (Lipinski definition) is 2. The van der Waals surface area contributed by atoms with Crippen molar-refractivity contribution in [3.8, 4) is 0 Å². The van der Waals surface area contributed by atoms with Gasteiger partial charge < -0.3 is 10.0 Å². The van der Waals surface area contributed by atoms with Crippen molar-refractivity contribution in [2.24, 2.45) is 5.92 Å². The van der Waals surface area contributed by atoms with Crippen molar-refractivity contribution in [1.82, 2.24) is 0 Å². The second-order valence-electron chi connectivity index (χ2n) is 4.46. The first-order chi connectivity index (χ1) is 7.99. The first-order valence-electron chi connectivity index (χ1n) is 5.71. The van der Waals surface area contributed by atoms with E-state index in [4.69, 9.17) is 5.11 Å². The van der Waals surface area contributed by atoms with E-state index in [2.05, 4.69) is 34.7 Å². The summed E-state index contributed by atoms with van der Waals surface area (Å²) in [5, 5.41) is 8.76. The van der Waals surface area contributed by atoms with Crippen molar-refractivity contribution in [3.05, 3.63) is 28.7 Å². The third kappa shape index (κ3) is 5.22. The molecule has 0 aliphatic rings.